The van der Waals surface area contributed by atoms with Gasteiger partial charge in [-0.05, 0) is 47.9 Å². The number of rotatable bonds is 2. The first-order chi connectivity index (χ1) is 13.8. The molecule has 0 aliphatic heterocycles. The first-order valence-corrected chi connectivity index (χ1v) is 16.5. The molecule has 0 heterocycles. The third-order valence-corrected chi connectivity index (χ3v) is 6.24. The van der Waals surface area contributed by atoms with Gasteiger partial charge in [-0.3, -0.25) is 0 Å². The van der Waals surface area contributed by atoms with Gasteiger partial charge in [-0.25, -0.2) is 0 Å². The third-order valence-electron chi connectivity index (χ3n) is 6.24. The van der Waals surface area contributed by atoms with E-state index in [1.807, 2.05) is 67.6 Å². The van der Waals surface area contributed by atoms with Crippen LogP contribution in [0.5, 0.6) is 0 Å². The Kier molecular flexibility index (Phi) is 13.1. The van der Waals surface area contributed by atoms with E-state index in [0.717, 1.165) is 46.8 Å². The number of hydrogen-bond donors (Lipinski definition) is 0. The number of para-hydroxylation sites is 2. The molecule has 1 saturated carbocycles. The predicted molar refractivity (Wildman–Crippen MR) is 126 cm³/mol. The molecule has 29 heavy (non-hydrogen) atoms. The SMILES string of the molecule is CC(=Nc1ccccc1)[N-]c1ccccc1.CC1C(C)C(C)C(C)C1C.[Cl][Zr+2][Cl]. The number of hydrogen-bond acceptors (Lipinski definition) is 1. The van der Waals surface area contributed by atoms with Crippen molar-refractivity contribution in [1.29, 1.82) is 0 Å². The summed E-state index contributed by atoms with van der Waals surface area (Å²) in [5.74, 6) is 5.44. The van der Waals surface area contributed by atoms with Crippen LogP contribution in [0.2, 0.25) is 0 Å². The normalized spacial score (nSPS) is 25.7. The third kappa shape index (κ3) is 9.37. The van der Waals surface area contributed by atoms with Crippen molar-refractivity contribution in [2.45, 2.75) is 41.5 Å². The molecule has 0 radical (unpaired) electrons. The monoisotopic (exact) mass is 509 g/mol. The van der Waals surface area contributed by atoms with E-state index in [2.05, 4.69) is 44.9 Å². The summed E-state index contributed by atoms with van der Waals surface area (Å²) >= 11 is -0.826. The Hall–Kier alpha value is -0.627. The zero-order chi connectivity index (χ0) is 21.8. The first-order valence-electron chi connectivity index (χ1n) is 10.1. The summed E-state index contributed by atoms with van der Waals surface area (Å²) in [6.07, 6.45) is 0. The van der Waals surface area contributed by atoms with Crippen LogP contribution in [0, 0.1) is 29.6 Å². The topological polar surface area (TPSA) is 26.5 Å². The van der Waals surface area contributed by atoms with Crippen LogP contribution >= 0.6 is 17.0 Å². The van der Waals surface area contributed by atoms with Crippen LogP contribution in [-0.2, 0) is 20.8 Å². The Morgan fingerprint density at radius 2 is 1.07 bits per heavy atom. The molecule has 0 aromatic heterocycles. The molecule has 2 nitrogen and oxygen atoms in total. The Labute approximate surface area is 196 Å². The van der Waals surface area contributed by atoms with Crippen LogP contribution in [0.1, 0.15) is 41.5 Å². The molecule has 2 aromatic rings. The Balaban J connectivity index is 0.000000277. The number of nitrogens with zero attached hydrogens (tertiary/aromatic N) is 2. The van der Waals surface area contributed by atoms with Gasteiger partial charge < -0.3 is 10.3 Å². The van der Waals surface area contributed by atoms with E-state index in [-0.39, 0.29) is 0 Å². The van der Waals surface area contributed by atoms with Crippen molar-refractivity contribution >= 4 is 34.2 Å². The molecule has 0 bridgehead atoms. The minimum absolute atomic E-state index is 0.761. The fourth-order valence-corrected chi connectivity index (χ4v) is 3.80. The molecule has 0 N–H and O–H groups in total. The predicted octanol–water partition coefficient (Wildman–Crippen LogP) is 9.00. The van der Waals surface area contributed by atoms with E-state index in [0.29, 0.717) is 0 Å². The van der Waals surface area contributed by atoms with E-state index in [9.17, 15) is 0 Å². The van der Waals surface area contributed by atoms with E-state index in [1.165, 1.54) is 0 Å². The van der Waals surface area contributed by atoms with Crippen molar-refractivity contribution in [2.24, 2.45) is 34.6 Å². The molecule has 1 aliphatic carbocycles. The van der Waals surface area contributed by atoms with Gasteiger partial charge in [-0.15, -0.1) is 0 Å². The van der Waals surface area contributed by atoms with Gasteiger partial charge >= 0.3 is 37.9 Å². The average Bonchev–Trinajstić information content (AvgIpc) is 2.88. The summed E-state index contributed by atoms with van der Waals surface area (Å²) in [4.78, 5) is 4.40. The fourth-order valence-electron chi connectivity index (χ4n) is 3.80. The Morgan fingerprint density at radius 3 is 1.45 bits per heavy atom. The van der Waals surface area contributed by atoms with Gasteiger partial charge in [0.25, 0.3) is 0 Å². The minimum atomic E-state index is -0.826. The molecular weight excluding hydrogens is 478 g/mol. The summed E-state index contributed by atoms with van der Waals surface area (Å²) in [5.41, 5.74) is 1.86. The van der Waals surface area contributed by atoms with E-state index in [4.69, 9.17) is 17.0 Å². The number of halogens is 2. The molecule has 3 rings (SSSR count). The Bertz CT molecular complexity index is 665. The van der Waals surface area contributed by atoms with Crippen LogP contribution in [-0.4, -0.2) is 5.84 Å². The fraction of sp³-hybridized carbons (Fsp3) is 0.458. The zero-order valence-corrected chi connectivity index (χ0v) is 22.3. The van der Waals surface area contributed by atoms with Crippen LogP contribution in [0.3, 0.4) is 0 Å². The van der Waals surface area contributed by atoms with Gasteiger partial charge in [0.1, 0.15) is 0 Å². The first kappa shape index (κ1) is 26.4. The maximum absolute atomic E-state index is 4.93. The van der Waals surface area contributed by atoms with Crippen molar-refractivity contribution in [3.05, 3.63) is 66.0 Å². The van der Waals surface area contributed by atoms with E-state index < -0.39 is 20.8 Å². The molecule has 0 amide bonds. The maximum atomic E-state index is 4.93. The summed E-state index contributed by atoms with van der Waals surface area (Å²) in [6, 6.07) is 19.7. The summed E-state index contributed by atoms with van der Waals surface area (Å²) < 4.78 is 0. The Morgan fingerprint density at radius 1 is 0.724 bits per heavy atom. The molecule has 2 aromatic carbocycles. The van der Waals surface area contributed by atoms with Gasteiger partial charge in [-0.2, -0.15) is 0 Å². The van der Waals surface area contributed by atoms with Gasteiger partial charge in [0, 0.05) is 0 Å². The standard InChI is InChI=1S/C14H13N2.C10H20.2ClH.Zr/c1-12(15-13-8-4-2-5-9-13)16-14-10-6-3-7-11-14;1-6-7(2)9(4)10(5)8(6)3;;;/h2-11H,1H3;6-10H,1-5H3;2*1H;/q-1;;;;+4/p-2. The summed E-state index contributed by atoms with van der Waals surface area (Å²) in [5, 5.41) is 4.40. The molecule has 0 saturated heterocycles. The van der Waals surface area contributed by atoms with Crippen LogP contribution in [0.25, 0.3) is 5.32 Å². The molecule has 1 fully saturated rings. The van der Waals surface area contributed by atoms with Gasteiger partial charge in [0.05, 0.1) is 0 Å². The molecule has 1 aliphatic rings. The van der Waals surface area contributed by atoms with Crippen LogP contribution in [0.4, 0.5) is 11.4 Å². The van der Waals surface area contributed by atoms with Crippen molar-refractivity contribution in [1.82, 2.24) is 0 Å². The molecular formula is C24H33Cl2N2Zr+. The quantitative estimate of drug-likeness (QED) is 0.284. The molecule has 0 atom stereocenters. The van der Waals surface area contributed by atoms with E-state index in [1.54, 1.807) is 0 Å². The molecule has 5 heteroatoms. The molecule has 0 unspecified atom stereocenters. The average molecular weight is 512 g/mol. The second kappa shape index (κ2) is 14.4. The van der Waals surface area contributed by atoms with Crippen LogP contribution < -0.4 is 0 Å². The molecule has 156 valence electrons. The number of benzene rings is 2. The van der Waals surface area contributed by atoms with E-state index >= 15 is 0 Å². The van der Waals surface area contributed by atoms with Gasteiger partial charge in [-0.1, -0.05) is 101 Å². The number of amidine groups is 1. The van der Waals surface area contributed by atoms with Gasteiger partial charge in [0.2, 0.25) is 0 Å². The number of aliphatic imine (C=N–C) groups is 1. The second-order valence-corrected chi connectivity index (χ2v) is 11.5. The summed E-state index contributed by atoms with van der Waals surface area (Å²) in [7, 11) is 9.87. The molecule has 0 spiro atoms. The van der Waals surface area contributed by atoms with Crippen LogP contribution in [0.15, 0.2) is 65.7 Å². The van der Waals surface area contributed by atoms with Crippen molar-refractivity contribution in [3.63, 3.8) is 0 Å². The second-order valence-electron chi connectivity index (χ2n) is 7.81. The van der Waals surface area contributed by atoms with Gasteiger partial charge in [0.15, 0.2) is 0 Å². The zero-order valence-electron chi connectivity index (χ0n) is 18.3. The van der Waals surface area contributed by atoms with Crippen molar-refractivity contribution < 1.29 is 20.8 Å². The van der Waals surface area contributed by atoms with Crippen molar-refractivity contribution in [2.75, 3.05) is 0 Å². The summed E-state index contributed by atoms with van der Waals surface area (Å²) in [6.45, 7) is 13.9. The van der Waals surface area contributed by atoms with Crippen molar-refractivity contribution in [3.8, 4) is 0 Å².